The fourth-order valence-corrected chi connectivity index (χ4v) is 3.93. The van der Waals surface area contributed by atoms with E-state index in [4.69, 9.17) is 4.74 Å². The molecule has 0 N–H and O–H groups in total. The molecule has 4 heteroatoms. The van der Waals surface area contributed by atoms with Crippen LogP contribution in [0.15, 0.2) is 97.6 Å². The molecule has 0 saturated carbocycles. The van der Waals surface area contributed by atoms with E-state index in [1.54, 1.807) is 6.08 Å². The molecule has 3 aromatic carbocycles. The molecule has 32 heavy (non-hydrogen) atoms. The Bertz CT molecular complexity index is 1010. The number of hydrogen-bond acceptors (Lipinski definition) is 4. The van der Waals surface area contributed by atoms with Gasteiger partial charge in [-0.3, -0.25) is 9.59 Å². The van der Waals surface area contributed by atoms with Crippen LogP contribution in [0.2, 0.25) is 0 Å². The van der Waals surface area contributed by atoms with Crippen molar-refractivity contribution in [1.29, 1.82) is 0 Å². The third-order valence-corrected chi connectivity index (χ3v) is 5.56. The minimum Gasteiger partial charge on any atom is -0.468 e. The third-order valence-electron chi connectivity index (χ3n) is 5.56. The van der Waals surface area contributed by atoms with Crippen molar-refractivity contribution in [2.45, 2.75) is 25.9 Å². The van der Waals surface area contributed by atoms with E-state index in [9.17, 15) is 9.59 Å². The zero-order chi connectivity index (χ0) is 22.9. The van der Waals surface area contributed by atoms with Crippen molar-refractivity contribution < 1.29 is 14.3 Å². The number of Topliss-reactive ketones (excluding diaryl/α,β-unsaturated/α-hetero) is 1. The van der Waals surface area contributed by atoms with Crippen molar-refractivity contribution in [3.05, 3.63) is 114 Å². The Hall–Kier alpha value is -3.66. The second-order valence-corrected chi connectivity index (χ2v) is 7.80. The summed E-state index contributed by atoms with van der Waals surface area (Å²) < 4.78 is 4.90. The minimum atomic E-state index is -0.913. The second kappa shape index (κ2) is 11.1. The lowest BCUT2D eigenvalue weighted by Gasteiger charge is -2.27. The number of ether oxygens (including phenoxy) is 1. The number of carbonyl (C=O) groups excluding carboxylic acids is 2. The Kier molecular flexibility index (Phi) is 7.98. The van der Waals surface area contributed by atoms with E-state index < -0.39 is 17.8 Å². The molecule has 0 bridgehead atoms. The normalized spacial score (nSPS) is 12.4. The van der Waals surface area contributed by atoms with Gasteiger partial charge in [0.2, 0.25) is 0 Å². The molecular formula is C28H29NO3. The molecule has 0 amide bonds. The van der Waals surface area contributed by atoms with E-state index in [1.807, 2.05) is 54.6 Å². The maximum absolute atomic E-state index is 12.3. The molecule has 2 atom stereocenters. The molecule has 2 unspecified atom stereocenters. The lowest BCUT2D eigenvalue weighted by molar-refractivity contribution is -0.149. The van der Waals surface area contributed by atoms with Gasteiger partial charge >= 0.3 is 5.97 Å². The number of ketones is 1. The van der Waals surface area contributed by atoms with Crippen LogP contribution in [0.1, 0.15) is 29.5 Å². The number of benzene rings is 3. The van der Waals surface area contributed by atoms with Crippen molar-refractivity contribution in [2.24, 2.45) is 5.92 Å². The Morgan fingerprint density at radius 1 is 0.906 bits per heavy atom. The summed E-state index contributed by atoms with van der Waals surface area (Å²) in [5.41, 5.74) is 4.26. The summed E-state index contributed by atoms with van der Waals surface area (Å²) in [6.07, 6.45) is 1.65. The fourth-order valence-electron chi connectivity index (χ4n) is 3.93. The van der Waals surface area contributed by atoms with Gasteiger partial charge in [-0.15, -0.1) is 6.58 Å². The van der Waals surface area contributed by atoms with Crippen molar-refractivity contribution in [2.75, 3.05) is 12.0 Å². The van der Waals surface area contributed by atoms with Gasteiger partial charge in [0.1, 0.15) is 11.7 Å². The molecule has 0 heterocycles. The molecule has 3 rings (SSSR count). The van der Waals surface area contributed by atoms with Gasteiger partial charge in [0.05, 0.1) is 7.11 Å². The van der Waals surface area contributed by atoms with E-state index in [1.165, 1.54) is 25.2 Å². The molecule has 0 aliphatic rings. The Morgan fingerprint density at radius 2 is 1.47 bits per heavy atom. The molecule has 4 nitrogen and oxygen atoms in total. The Labute approximate surface area is 190 Å². The number of nitrogens with zero attached hydrogens (tertiary/aromatic N) is 1. The van der Waals surface area contributed by atoms with E-state index in [-0.39, 0.29) is 5.78 Å². The fraction of sp³-hybridized carbons (Fsp3) is 0.214. The van der Waals surface area contributed by atoms with Crippen molar-refractivity contribution in [3.8, 4) is 0 Å². The number of anilines is 1. The Balaban J connectivity index is 1.98. The van der Waals surface area contributed by atoms with Crippen LogP contribution in [0.3, 0.4) is 0 Å². The van der Waals surface area contributed by atoms with Gasteiger partial charge in [-0.1, -0.05) is 78.9 Å². The van der Waals surface area contributed by atoms with Crippen LogP contribution in [-0.4, -0.2) is 18.9 Å². The summed E-state index contributed by atoms with van der Waals surface area (Å²) in [6.45, 7) is 6.76. The standard InChI is InChI=1S/C28H29NO3/c1-4-26(27(21(2)30)28(31)32-3)24-16-11-17-25(18-24)29(19-22-12-7-5-8-13-22)20-23-14-9-6-10-15-23/h4-18,26-27H,1,19-20H2,2-3H3. The van der Waals surface area contributed by atoms with Gasteiger partial charge in [-0.05, 0) is 35.7 Å². The summed E-state index contributed by atoms with van der Waals surface area (Å²) in [7, 11) is 1.30. The largest absolute Gasteiger partial charge is 0.468 e. The van der Waals surface area contributed by atoms with Crippen molar-refractivity contribution in [3.63, 3.8) is 0 Å². The molecule has 0 fully saturated rings. The van der Waals surface area contributed by atoms with Crippen molar-refractivity contribution >= 4 is 17.4 Å². The van der Waals surface area contributed by atoms with E-state index >= 15 is 0 Å². The van der Waals surface area contributed by atoms with Crippen LogP contribution in [-0.2, 0) is 27.4 Å². The highest BCUT2D eigenvalue weighted by atomic mass is 16.5. The van der Waals surface area contributed by atoms with Gasteiger partial charge in [0, 0.05) is 24.7 Å². The molecule has 164 valence electrons. The summed E-state index contributed by atoms with van der Waals surface area (Å²) in [5.74, 6) is -2.16. The number of rotatable bonds is 10. The predicted octanol–water partition coefficient (Wildman–Crippen LogP) is 5.54. The van der Waals surface area contributed by atoms with Crippen LogP contribution in [0.25, 0.3) is 0 Å². The number of allylic oxidation sites excluding steroid dienone is 1. The average molecular weight is 428 g/mol. The maximum atomic E-state index is 12.3. The highest BCUT2D eigenvalue weighted by Crippen LogP contribution is 2.31. The summed E-state index contributed by atoms with van der Waals surface area (Å²) in [5, 5.41) is 0. The van der Waals surface area contributed by atoms with Gasteiger partial charge in [0.15, 0.2) is 0 Å². The first-order valence-corrected chi connectivity index (χ1v) is 10.7. The van der Waals surface area contributed by atoms with Gasteiger partial charge < -0.3 is 9.64 Å². The molecule has 0 aliphatic heterocycles. The monoisotopic (exact) mass is 427 g/mol. The van der Waals surface area contributed by atoms with E-state index in [2.05, 4.69) is 41.8 Å². The SMILES string of the molecule is C=CC(c1cccc(N(Cc2ccccc2)Cc2ccccc2)c1)C(C(C)=O)C(=O)OC. The second-order valence-electron chi connectivity index (χ2n) is 7.80. The van der Waals surface area contributed by atoms with Gasteiger partial charge in [-0.25, -0.2) is 0 Å². The van der Waals surface area contributed by atoms with Gasteiger partial charge in [0.25, 0.3) is 0 Å². The van der Waals surface area contributed by atoms with Gasteiger partial charge in [-0.2, -0.15) is 0 Å². The molecule has 3 aromatic rings. The minimum absolute atomic E-state index is 0.238. The summed E-state index contributed by atoms with van der Waals surface area (Å²) in [6, 6.07) is 28.6. The number of hydrogen-bond donors (Lipinski definition) is 0. The highest BCUT2D eigenvalue weighted by Gasteiger charge is 2.32. The first-order valence-electron chi connectivity index (χ1n) is 10.7. The first kappa shape index (κ1) is 23.0. The van der Waals surface area contributed by atoms with Crippen LogP contribution in [0, 0.1) is 5.92 Å². The highest BCUT2D eigenvalue weighted by molar-refractivity contribution is 5.99. The zero-order valence-corrected chi connectivity index (χ0v) is 18.6. The lowest BCUT2D eigenvalue weighted by Crippen LogP contribution is -2.29. The lowest BCUT2D eigenvalue weighted by atomic mass is 9.83. The number of esters is 1. The topological polar surface area (TPSA) is 46.6 Å². The molecule has 0 radical (unpaired) electrons. The summed E-state index contributed by atoms with van der Waals surface area (Å²) in [4.78, 5) is 26.9. The quantitative estimate of drug-likeness (QED) is 0.242. The van der Waals surface area contributed by atoms with Crippen LogP contribution < -0.4 is 4.90 Å². The average Bonchev–Trinajstić information content (AvgIpc) is 2.82. The maximum Gasteiger partial charge on any atom is 0.317 e. The Morgan fingerprint density at radius 3 is 1.94 bits per heavy atom. The first-order chi connectivity index (χ1) is 15.5. The number of carbonyl (C=O) groups is 2. The van der Waals surface area contributed by atoms with E-state index in [0.717, 1.165) is 24.3 Å². The number of methoxy groups -OCH3 is 1. The molecular weight excluding hydrogens is 398 g/mol. The summed E-state index contributed by atoms with van der Waals surface area (Å²) >= 11 is 0. The smallest absolute Gasteiger partial charge is 0.317 e. The third kappa shape index (κ3) is 5.73. The molecule has 0 aromatic heterocycles. The van der Waals surface area contributed by atoms with E-state index in [0.29, 0.717) is 0 Å². The van der Waals surface area contributed by atoms with Crippen LogP contribution in [0.4, 0.5) is 5.69 Å². The predicted molar refractivity (Wildman–Crippen MR) is 128 cm³/mol. The van der Waals surface area contributed by atoms with Crippen LogP contribution >= 0.6 is 0 Å². The van der Waals surface area contributed by atoms with Crippen molar-refractivity contribution in [1.82, 2.24) is 0 Å². The molecule has 0 aliphatic carbocycles. The molecule has 0 saturated heterocycles. The molecule has 0 spiro atoms. The zero-order valence-electron chi connectivity index (χ0n) is 18.6. The van der Waals surface area contributed by atoms with Crippen LogP contribution in [0.5, 0.6) is 0 Å².